The van der Waals surface area contributed by atoms with Crippen molar-refractivity contribution in [2.24, 2.45) is 0 Å². The lowest BCUT2D eigenvalue weighted by Gasteiger charge is -2.29. The van der Waals surface area contributed by atoms with E-state index >= 15 is 0 Å². The molecule has 1 nitrogen and oxygen atoms in total. The van der Waals surface area contributed by atoms with Gasteiger partial charge < -0.3 is 5.11 Å². The molecule has 1 radical (unpaired) electrons. The van der Waals surface area contributed by atoms with Crippen LogP contribution in [0.15, 0.2) is 103 Å². The highest BCUT2D eigenvalue weighted by molar-refractivity contribution is 5.83. The van der Waals surface area contributed by atoms with Crippen molar-refractivity contribution >= 4 is 10.8 Å². The monoisotopic (exact) mass is 351 g/mol. The summed E-state index contributed by atoms with van der Waals surface area (Å²) < 4.78 is 0. The molecule has 1 heteroatoms. The molecule has 0 bridgehead atoms. The Morgan fingerprint density at radius 2 is 1.11 bits per heavy atom. The van der Waals surface area contributed by atoms with Gasteiger partial charge in [0.2, 0.25) is 0 Å². The standard InChI is InChI=1S/C26H23O/c27-26(18-21-9-3-1-4-10-21,19-22-11-5-2-6-12-22)20-23-15-16-24-13-7-8-14-25(24)17-23/h1-17,20,27H,18-19H2. The van der Waals surface area contributed by atoms with Crippen LogP contribution in [0.5, 0.6) is 0 Å². The van der Waals surface area contributed by atoms with E-state index in [9.17, 15) is 5.11 Å². The third kappa shape index (κ3) is 4.45. The Kier molecular flexibility index (Phi) is 5.04. The lowest BCUT2D eigenvalue weighted by Crippen LogP contribution is -2.35. The minimum Gasteiger partial charge on any atom is -0.389 e. The summed E-state index contributed by atoms with van der Waals surface area (Å²) in [6, 6.07) is 35.1. The smallest absolute Gasteiger partial charge is 0.0803 e. The van der Waals surface area contributed by atoms with Gasteiger partial charge in [-0.3, -0.25) is 0 Å². The minimum atomic E-state index is -0.953. The lowest BCUT2D eigenvalue weighted by atomic mass is 9.82. The molecule has 0 fully saturated rings. The van der Waals surface area contributed by atoms with Gasteiger partial charge in [0.25, 0.3) is 0 Å². The Morgan fingerprint density at radius 3 is 1.70 bits per heavy atom. The molecule has 4 aromatic rings. The van der Waals surface area contributed by atoms with E-state index in [1.165, 1.54) is 10.8 Å². The minimum absolute atomic E-state index is 0.579. The second kappa shape index (κ2) is 7.77. The first-order valence-corrected chi connectivity index (χ1v) is 9.35. The number of rotatable bonds is 6. The van der Waals surface area contributed by atoms with Crippen LogP contribution in [0, 0.1) is 6.42 Å². The molecule has 27 heavy (non-hydrogen) atoms. The highest BCUT2D eigenvalue weighted by Crippen LogP contribution is 2.27. The van der Waals surface area contributed by atoms with Crippen LogP contribution in [0.2, 0.25) is 0 Å². The van der Waals surface area contributed by atoms with Gasteiger partial charge in [0.05, 0.1) is 5.60 Å². The van der Waals surface area contributed by atoms with Crippen LogP contribution in [0.25, 0.3) is 10.8 Å². The fourth-order valence-electron chi connectivity index (χ4n) is 3.67. The lowest BCUT2D eigenvalue weighted by molar-refractivity contribution is 0.0779. The van der Waals surface area contributed by atoms with Crippen LogP contribution < -0.4 is 0 Å². The Labute approximate surface area is 160 Å². The number of hydrogen-bond donors (Lipinski definition) is 1. The highest BCUT2D eigenvalue weighted by Gasteiger charge is 2.28. The van der Waals surface area contributed by atoms with Crippen molar-refractivity contribution < 1.29 is 5.11 Å². The molecule has 4 aromatic carbocycles. The molecule has 0 saturated heterocycles. The Bertz CT molecular complexity index is 964. The van der Waals surface area contributed by atoms with Gasteiger partial charge >= 0.3 is 0 Å². The molecule has 0 aliphatic heterocycles. The van der Waals surface area contributed by atoms with Crippen molar-refractivity contribution in [2.45, 2.75) is 18.4 Å². The maximum Gasteiger partial charge on any atom is 0.0803 e. The zero-order valence-electron chi connectivity index (χ0n) is 15.3. The molecule has 1 N–H and O–H groups in total. The predicted octanol–water partition coefficient (Wildman–Crippen LogP) is 5.61. The van der Waals surface area contributed by atoms with E-state index in [4.69, 9.17) is 0 Å². The third-order valence-corrected chi connectivity index (χ3v) is 4.91. The van der Waals surface area contributed by atoms with Crippen molar-refractivity contribution in [3.05, 3.63) is 126 Å². The van der Waals surface area contributed by atoms with E-state index in [0.29, 0.717) is 12.8 Å². The van der Waals surface area contributed by atoms with E-state index in [2.05, 4.69) is 54.6 Å². The molecule has 0 saturated carbocycles. The quantitative estimate of drug-likeness (QED) is 0.479. The second-order valence-corrected chi connectivity index (χ2v) is 7.18. The summed E-state index contributed by atoms with van der Waals surface area (Å²) in [5.74, 6) is 0. The average molecular weight is 351 g/mol. The molecular weight excluding hydrogens is 328 g/mol. The van der Waals surface area contributed by atoms with Crippen molar-refractivity contribution in [3.8, 4) is 0 Å². The molecular formula is C26H23O. The summed E-state index contributed by atoms with van der Waals surface area (Å²) in [7, 11) is 0. The van der Waals surface area contributed by atoms with Gasteiger partial charge in [-0.05, 0) is 27.5 Å². The van der Waals surface area contributed by atoms with Gasteiger partial charge in [0.1, 0.15) is 0 Å². The first-order valence-electron chi connectivity index (χ1n) is 9.35. The van der Waals surface area contributed by atoms with E-state index in [1.54, 1.807) is 0 Å². The Morgan fingerprint density at radius 1 is 0.593 bits per heavy atom. The van der Waals surface area contributed by atoms with Crippen LogP contribution in [0.1, 0.15) is 16.7 Å². The van der Waals surface area contributed by atoms with Crippen LogP contribution in [0.4, 0.5) is 0 Å². The fraction of sp³-hybridized carbons (Fsp3) is 0.115. The summed E-state index contributed by atoms with van der Waals surface area (Å²) >= 11 is 0. The van der Waals surface area contributed by atoms with Gasteiger partial charge in [-0.2, -0.15) is 0 Å². The van der Waals surface area contributed by atoms with Crippen molar-refractivity contribution in [2.75, 3.05) is 0 Å². The molecule has 0 atom stereocenters. The number of benzene rings is 4. The van der Waals surface area contributed by atoms with Gasteiger partial charge in [-0.15, -0.1) is 0 Å². The van der Waals surface area contributed by atoms with Gasteiger partial charge in [0, 0.05) is 19.3 Å². The van der Waals surface area contributed by atoms with Gasteiger partial charge in [0.15, 0.2) is 0 Å². The van der Waals surface area contributed by atoms with Crippen molar-refractivity contribution in [3.63, 3.8) is 0 Å². The summed E-state index contributed by atoms with van der Waals surface area (Å²) in [6.07, 6.45) is 3.17. The molecule has 0 aromatic heterocycles. The maximum atomic E-state index is 11.6. The first-order chi connectivity index (χ1) is 13.2. The maximum absolute atomic E-state index is 11.6. The molecule has 0 heterocycles. The molecule has 0 spiro atoms. The van der Waals surface area contributed by atoms with E-state index < -0.39 is 5.60 Å². The molecule has 0 aliphatic carbocycles. The summed E-state index contributed by atoms with van der Waals surface area (Å²) in [5, 5.41) is 14.0. The number of aliphatic hydroxyl groups is 1. The Hall–Kier alpha value is -2.90. The summed E-state index contributed by atoms with van der Waals surface area (Å²) in [5.41, 5.74) is 2.36. The largest absolute Gasteiger partial charge is 0.389 e. The normalized spacial score (nSPS) is 11.6. The molecule has 0 unspecified atom stereocenters. The summed E-state index contributed by atoms with van der Waals surface area (Å²) in [4.78, 5) is 0. The number of fused-ring (bicyclic) bond motifs is 1. The van der Waals surface area contributed by atoms with Crippen LogP contribution >= 0.6 is 0 Å². The molecule has 4 rings (SSSR count). The van der Waals surface area contributed by atoms with Gasteiger partial charge in [-0.1, -0.05) is 103 Å². The van der Waals surface area contributed by atoms with E-state index in [1.807, 2.05) is 55.0 Å². The zero-order valence-corrected chi connectivity index (χ0v) is 15.3. The van der Waals surface area contributed by atoms with Crippen LogP contribution in [-0.4, -0.2) is 10.7 Å². The summed E-state index contributed by atoms with van der Waals surface area (Å²) in [6.45, 7) is 0. The van der Waals surface area contributed by atoms with Gasteiger partial charge in [-0.25, -0.2) is 0 Å². The van der Waals surface area contributed by atoms with Crippen LogP contribution in [-0.2, 0) is 12.8 Å². The average Bonchev–Trinajstić information content (AvgIpc) is 2.69. The third-order valence-electron chi connectivity index (χ3n) is 4.91. The molecule has 0 aliphatic rings. The highest BCUT2D eigenvalue weighted by atomic mass is 16.3. The topological polar surface area (TPSA) is 20.2 Å². The number of hydrogen-bond acceptors (Lipinski definition) is 1. The fourth-order valence-corrected chi connectivity index (χ4v) is 3.67. The first kappa shape index (κ1) is 17.5. The molecule has 133 valence electrons. The predicted molar refractivity (Wildman–Crippen MR) is 113 cm³/mol. The second-order valence-electron chi connectivity index (χ2n) is 7.18. The van der Waals surface area contributed by atoms with Crippen molar-refractivity contribution in [1.82, 2.24) is 0 Å². The van der Waals surface area contributed by atoms with Crippen LogP contribution in [0.3, 0.4) is 0 Å². The van der Waals surface area contributed by atoms with Crippen molar-refractivity contribution in [1.29, 1.82) is 0 Å². The van der Waals surface area contributed by atoms with E-state index in [-0.39, 0.29) is 0 Å². The zero-order chi connectivity index (χ0) is 18.5. The Balaban J connectivity index is 1.65. The van der Waals surface area contributed by atoms with E-state index in [0.717, 1.165) is 16.7 Å². The molecule has 0 amide bonds. The SMILES string of the molecule is OC([CH]c1ccc2ccccc2c1)(Cc1ccccc1)Cc1ccccc1.